The summed E-state index contributed by atoms with van der Waals surface area (Å²) >= 11 is 0. The maximum absolute atomic E-state index is 4.96. The maximum atomic E-state index is 4.96. The van der Waals surface area contributed by atoms with Crippen LogP contribution in [-0.4, -0.2) is 19.9 Å². The van der Waals surface area contributed by atoms with Crippen molar-refractivity contribution in [2.45, 2.75) is 37.0 Å². The van der Waals surface area contributed by atoms with E-state index >= 15 is 0 Å². The van der Waals surface area contributed by atoms with Crippen LogP contribution in [-0.2, 0) is 0 Å². The first-order valence-corrected chi connectivity index (χ1v) is 20.9. The molecule has 60 heavy (non-hydrogen) atoms. The quantitative estimate of drug-likeness (QED) is 0.147. The van der Waals surface area contributed by atoms with Crippen LogP contribution in [0.2, 0.25) is 0 Å². The third-order valence-corrected chi connectivity index (χ3v) is 12.2. The van der Waals surface area contributed by atoms with Crippen LogP contribution in [0.5, 0.6) is 0 Å². The topological polar surface area (TPSA) is 51.6 Å². The summed E-state index contributed by atoms with van der Waals surface area (Å²) in [5, 5.41) is 0. The van der Waals surface area contributed by atoms with E-state index < -0.39 is 0 Å². The van der Waals surface area contributed by atoms with Crippen LogP contribution in [0, 0.1) is 0 Å². The molecule has 0 spiro atoms. The summed E-state index contributed by atoms with van der Waals surface area (Å²) in [5.41, 5.74) is 16.4. The highest BCUT2D eigenvalue weighted by atomic mass is 14.9. The summed E-state index contributed by atoms with van der Waals surface area (Å²) in [6.45, 7) is 0. The van der Waals surface area contributed by atoms with Crippen LogP contribution < -0.4 is 0 Å². The summed E-state index contributed by atoms with van der Waals surface area (Å²) in [5.74, 6) is 1.63. The van der Waals surface area contributed by atoms with Crippen molar-refractivity contribution < 1.29 is 0 Å². The summed E-state index contributed by atoms with van der Waals surface area (Å²) in [7, 11) is 0. The number of hydrogen-bond donors (Lipinski definition) is 0. The second-order valence-corrected chi connectivity index (χ2v) is 15.8. The summed E-state index contributed by atoms with van der Waals surface area (Å²) in [6, 6.07) is 66.7. The highest BCUT2D eigenvalue weighted by Gasteiger charge is 2.35. The number of nitrogens with zero attached hydrogens (tertiary/aromatic N) is 4. The zero-order chi connectivity index (χ0) is 40.1. The van der Waals surface area contributed by atoms with Gasteiger partial charge >= 0.3 is 0 Å². The molecule has 0 N–H and O–H groups in total. The predicted molar refractivity (Wildman–Crippen MR) is 245 cm³/mol. The molecule has 4 nitrogen and oxygen atoms in total. The van der Waals surface area contributed by atoms with E-state index in [9.17, 15) is 0 Å². The number of benzene rings is 6. The molecule has 1 aliphatic rings. The monoisotopic (exact) mass is 772 g/mol. The van der Waals surface area contributed by atoms with Crippen LogP contribution in [0.25, 0.3) is 67.3 Å². The van der Waals surface area contributed by atoms with E-state index in [1.807, 2.05) is 42.7 Å². The SMILES string of the molecule is c1ccc(-c2ccc(-c3ccccc3C3CC(c4ccccc4-c4ccc(-c5ccccc5)nc4)CC(c4ccccc4-c4cnc(-c5ccccc5)nc4)C3)cn2)cc1. The average molecular weight is 773 g/mol. The lowest BCUT2D eigenvalue weighted by Crippen LogP contribution is -2.21. The molecule has 0 saturated heterocycles. The molecule has 2 unspecified atom stereocenters. The molecule has 0 amide bonds. The van der Waals surface area contributed by atoms with Gasteiger partial charge in [0.05, 0.1) is 11.4 Å². The Labute approximate surface area is 352 Å². The van der Waals surface area contributed by atoms with Crippen LogP contribution in [0.3, 0.4) is 0 Å². The van der Waals surface area contributed by atoms with Crippen molar-refractivity contribution >= 4 is 0 Å². The Morgan fingerprint density at radius 1 is 0.267 bits per heavy atom. The lowest BCUT2D eigenvalue weighted by molar-refractivity contribution is 0.353. The Balaban J connectivity index is 1.04. The highest BCUT2D eigenvalue weighted by molar-refractivity contribution is 5.73. The number of hydrogen-bond acceptors (Lipinski definition) is 4. The molecule has 0 aliphatic heterocycles. The Hall–Kier alpha value is -7.30. The van der Waals surface area contributed by atoms with Gasteiger partial charge in [0.2, 0.25) is 0 Å². The van der Waals surface area contributed by atoms with Gasteiger partial charge in [0, 0.05) is 58.2 Å². The van der Waals surface area contributed by atoms with Crippen molar-refractivity contribution in [3.8, 4) is 67.3 Å². The standard InChI is InChI=1S/C56H44N4/c1-4-16-39(17-5-1)54-30-28-42(35-57-54)48-22-10-12-24-50(48)44-32-45(51-25-13-11-23-49(51)43-29-31-55(58-36-43)40-18-6-2-7-19-40)34-46(33-44)52-26-14-15-27-53(52)47-37-59-56(60-38-47)41-20-8-3-9-21-41/h1-31,35-38,44-46H,32-34H2. The van der Waals surface area contributed by atoms with Crippen molar-refractivity contribution in [3.05, 3.63) is 230 Å². The normalized spacial score (nSPS) is 16.3. The fourth-order valence-corrected chi connectivity index (χ4v) is 9.30. The minimum atomic E-state index is 0.289. The lowest BCUT2D eigenvalue weighted by Gasteiger charge is -2.38. The van der Waals surface area contributed by atoms with Crippen LogP contribution >= 0.6 is 0 Å². The minimum Gasteiger partial charge on any atom is -0.256 e. The zero-order valence-electron chi connectivity index (χ0n) is 33.3. The second kappa shape index (κ2) is 16.9. The van der Waals surface area contributed by atoms with Crippen molar-refractivity contribution in [3.63, 3.8) is 0 Å². The summed E-state index contributed by atoms with van der Waals surface area (Å²) < 4.78 is 0. The minimum absolute atomic E-state index is 0.289. The number of rotatable bonds is 9. The van der Waals surface area contributed by atoms with E-state index in [2.05, 4.69) is 170 Å². The van der Waals surface area contributed by atoms with Gasteiger partial charge in [-0.2, -0.15) is 0 Å². The second-order valence-electron chi connectivity index (χ2n) is 15.8. The summed E-state index contributed by atoms with van der Waals surface area (Å²) in [6.07, 6.45) is 11.2. The largest absolute Gasteiger partial charge is 0.256 e. The van der Waals surface area contributed by atoms with Crippen LogP contribution in [0.1, 0.15) is 53.7 Å². The lowest BCUT2D eigenvalue weighted by atomic mass is 9.66. The van der Waals surface area contributed by atoms with Gasteiger partial charge < -0.3 is 0 Å². The molecule has 288 valence electrons. The van der Waals surface area contributed by atoms with Crippen LogP contribution in [0.15, 0.2) is 213 Å². The molecule has 10 rings (SSSR count). The van der Waals surface area contributed by atoms with Crippen molar-refractivity contribution in [2.24, 2.45) is 0 Å². The summed E-state index contributed by atoms with van der Waals surface area (Å²) in [4.78, 5) is 19.6. The smallest absolute Gasteiger partial charge is 0.159 e. The highest BCUT2D eigenvalue weighted by Crippen LogP contribution is 2.52. The van der Waals surface area contributed by atoms with Crippen LogP contribution in [0.4, 0.5) is 0 Å². The van der Waals surface area contributed by atoms with E-state index in [0.29, 0.717) is 11.8 Å². The fourth-order valence-electron chi connectivity index (χ4n) is 9.30. The molecule has 9 aromatic rings. The zero-order valence-corrected chi connectivity index (χ0v) is 33.3. The van der Waals surface area contributed by atoms with Gasteiger partial charge in [-0.05, 0) is 82.5 Å². The Morgan fingerprint density at radius 3 is 0.983 bits per heavy atom. The maximum Gasteiger partial charge on any atom is 0.159 e. The molecule has 3 aromatic heterocycles. The van der Waals surface area contributed by atoms with Gasteiger partial charge in [0.25, 0.3) is 0 Å². The first-order valence-electron chi connectivity index (χ1n) is 20.9. The first kappa shape index (κ1) is 37.0. The van der Waals surface area contributed by atoms with Gasteiger partial charge in [0.1, 0.15) is 0 Å². The van der Waals surface area contributed by atoms with Gasteiger partial charge in [-0.25, -0.2) is 9.97 Å². The van der Waals surface area contributed by atoms with E-state index in [1.165, 1.54) is 33.4 Å². The van der Waals surface area contributed by atoms with Gasteiger partial charge in [0.15, 0.2) is 5.82 Å². The Kier molecular flexibility index (Phi) is 10.4. The van der Waals surface area contributed by atoms with Crippen molar-refractivity contribution in [2.75, 3.05) is 0 Å². The van der Waals surface area contributed by atoms with Gasteiger partial charge in [-0.15, -0.1) is 0 Å². The van der Waals surface area contributed by atoms with Gasteiger partial charge in [-0.3, -0.25) is 9.97 Å². The van der Waals surface area contributed by atoms with E-state index in [4.69, 9.17) is 19.9 Å². The average Bonchev–Trinajstić information content (AvgIpc) is 3.35. The molecule has 0 radical (unpaired) electrons. The molecule has 1 fully saturated rings. The molecule has 1 saturated carbocycles. The molecule has 2 atom stereocenters. The van der Waals surface area contributed by atoms with Gasteiger partial charge in [-0.1, -0.05) is 176 Å². The molecule has 0 bridgehead atoms. The van der Waals surface area contributed by atoms with E-state index in [1.54, 1.807) is 0 Å². The number of aromatic nitrogens is 4. The molecular formula is C56H44N4. The van der Waals surface area contributed by atoms with Crippen molar-refractivity contribution in [1.82, 2.24) is 19.9 Å². The third-order valence-electron chi connectivity index (χ3n) is 12.2. The van der Waals surface area contributed by atoms with Crippen molar-refractivity contribution in [1.29, 1.82) is 0 Å². The molecule has 4 heteroatoms. The molecule has 6 aromatic carbocycles. The Bertz CT molecular complexity index is 2500. The van der Waals surface area contributed by atoms with E-state index in [0.717, 1.165) is 69.9 Å². The van der Waals surface area contributed by atoms with E-state index in [-0.39, 0.29) is 5.92 Å². The molecule has 3 heterocycles. The molecular weight excluding hydrogens is 729 g/mol. The third kappa shape index (κ3) is 7.68. The predicted octanol–water partition coefficient (Wildman–Crippen LogP) is 14.1. The number of pyridine rings is 2. The Morgan fingerprint density at radius 2 is 0.600 bits per heavy atom. The molecule has 1 aliphatic carbocycles. The fraction of sp³-hybridized carbons (Fsp3) is 0.107. The first-order chi connectivity index (χ1) is 29.7.